The third kappa shape index (κ3) is 1.09. The minimum Gasteiger partial charge on any atom is -0.481 e. The molecular weight excluding hydrogens is 216 g/mol. The highest BCUT2D eigenvalue weighted by Gasteiger charge is 2.64. The largest absolute Gasteiger partial charge is 0.481 e. The molecule has 6 nitrogen and oxygen atoms in total. The van der Waals surface area contributed by atoms with E-state index in [1.807, 2.05) is 0 Å². The number of carboxylic acid groups (broad SMARTS) is 3. The van der Waals surface area contributed by atoms with Gasteiger partial charge in [-0.3, -0.25) is 14.4 Å². The Hall–Kier alpha value is -1.85. The van der Waals surface area contributed by atoms with Crippen LogP contribution >= 0.6 is 0 Å². The number of hydrogen-bond donors (Lipinski definition) is 3. The van der Waals surface area contributed by atoms with E-state index in [2.05, 4.69) is 0 Å². The topological polar surface area (TPSA) is 112 Å². The fraction of sp³-hybridized carbons (Fsp3) is 0.500. The molecule has 0 saturated heterocycles. The number of carboxylic acids is 3. The molecule has 3 N–H and O–H groups in total. The fourth-order valence-electron chi connectivity index (χ4n) is 2.86. The SMILES string of the molecule is O=C(O)C1C2C=CC(C(=O)O)(C2)C1C(=O)O. The van der Waals surface area contributed by atoms with Crippen molar-refractivity contribution in [3.63, 3.8) is 0 Å². The first-order chi connectivity index (χ1) is 7.40. The molecule has 0 aromatic carbocycles. The molecule has 86 valence electrons. The van der Waals surface area contributed by atoms with E-state index in [1.165, 1.54) is 12.2 Å². The highest BCUT2D eigenvalue weighted by molar-refractivity contribution is 5.92. The molecule has 0 radical (unpaired) electrons. The molecule has 2 aliphatic carbocycles. The lowest BCUT2D eigenvalue weighted by atomic mass is 9.73. The van der Waals surface area contributed by atoms with Gasteiger partial charge in [-0.15, -0.1) is 0 Å². The van der Waals surface area contributed by atoms with Crippen molar-refractivity contribution in [2.75, 3.05) is 0 Å². The smallest absolute Gasteiger partial charge is 0.314 e. The van der Waals surface area contributed by atoms with Gasteiger partial charge in [0.25, 0.3) is 0 Å². The maximum absolute atomic E-state index is 11.2. The summed E-state index contributed by atoms with van der Waals surface area (Å²) in [4.78, 5) is 33.2. The van der Waals surface area contributed by atoms with Crippen molar-refractivity contribution < 1.29 is 29.7 Å². The summed E-state index contributed by atoms with van der Waals surface area (Å²) in [6.45, 7) is 0. The third-order valence-corrected chi connectivity index (χ3v) is 3.54. The van der Waals surface area contributed by atoms with E-state index in [0.717, 1.165) is 0 Å². The third-order valence-electron chi connectivity index (χ3n) is 3.54. The van der Waals surface area contributed by atoms with Crippen LogP contribution in [0.3, 0.4) is 0 Å². The van der Waals surface area contributed by atoms with Gasteiger partial charge in [-0.1, -0.05) is 12.2 Å². The zero-order chi connectivity index (χ0) is 12.1. The molecule has 2 aliphatic rings. The van der Waals surface area contributed by atoms with Gasteiger partial charge in [0, 0.05) is 0 Å². The Labute approximate surface area is 90.2 Å². The van der Waals surface area contributed by atoms with E-state index in [0.29, 0.717) is 0 Å². The average Bonchev–Trinajstić information content (AvgIpc) is 2.72. The monoisotopic (exact) mass is 226 g/mol. The number of hydrogen-bond acceptors (Lipinski definition) is 3. The maximum atomic E-state index is 11.2. The van der Waals surface area contributed by atoms with Gasteiger partial charge in [-0.05, 0) is 12.3 Å². The lowest BCUT2D eigenvalue weighted by Crippen LogP contribution is -2.42. The standard InChI is InChI=1S/C10H10O6/c11-7(12)5-4-1-2-10(3-4,9(15)16)6(5)8(13)14/h1-2,4-6H,3H2,(H,11,12)(H,13,14)(H,15,16). The van der Waals surface area contributed by atoms with Crippen LogP contribution in [0, 0.1) is 23.2 Å². The van der Waals surface area contributed by atoms with Crippen LogP contribution in [-0.2, 0) is 14.4 Å². The summed E-state index contributed by atoms with van der Waals surface area (Å²) in [5, 5.41) is 27.1. The van der Waals surface area contributed by atoms with E-state index in [-0.39, 0.29) is 6.42 Å². The van der Waals surface area contributed by atoms with Crippen LogP contribution in [0.2, 0.25) is 0 Å². The van der Waals surface area contributed by atoms with Crippen molar-refractivity contribution in [3.05, 3.63) is 12.2 Å². The summed E-state index contributed by atoms with van der Waals surface area (Å²) in [5.41, 5.74) is -1.54. The van der Waals surface area contributed by atoms with Crippen molar-refractivity contribution in [1.82, 2.24) is 0 Å². The first-order valence-corrected chi connectivity index (χ1v) is 4.78. The second-order valence-electron chi connectivity index (χ2n) is 4.25. The van der Waals surface area contributed by atoms with E-state index in [1.54, 1.807) is 0 Å². The minimum absolute atomic E-state index is 0.0657. The normalized spacial score (nSPS) is 39.9. The molecule has 16 heavy (non-hydrogen) atoms. The van der Waals surface area contributed by atoms with Gasteiger partial charge in [0.2, 0.25) is 0 Å². The van der Waals surface area contributed by atoms with Gasteiger partial charge in [-0.25, -0.2) is 0 Å². The van der Waals surface area contributed by atoms with Crippen molar-refractivity contribution in [2.45, 2.75) is 6.42 Å². The zero-order valence-electron chi connectivity index (χ0n) is 8.16. The summed E-state index contributed by atoms with van der Waals surface area (Å²) in [6.07, 6.45) is 2.90. The molecule has 0 aromatic heterocycles. The molecule has 4 unspecified atom stereocenters. The quantitative estimate of drug-likeness (QED) is 0.586. The molecule has 1 saturated carbocycles. The van der Waals surface area contributed by atoms with E-state index in [4.69, 9.17) is 15.3 Å². The van der Waals surface area contributed by atoms with E-state index in [9.17, 15) is 14.4 Å². The Morgan fingerprint density at radius 1 is 1.12 bits per heavy atom. The van der Waals surface area contributed by atoms with Gasteiger partial charge in [-0.2, -0.15) is 0 Å². The molecule has 0 heterocycles. The van der Waals surface area contributed by atoms with Crippen LogP contribution in [0.4, 0.5) is 0 Å². The molecule has 2 rings (SSSR count). The predicted molar refractivity (Wildman–Crippen MR) is 49.6 cm³/mol. The second kappa shape index (κ2) is 3.07. The van der Waals surface area contributed by atoms with Crippen LogP contribution in [0.5, 0.6) is 0 Å². The number of rotatable bonds is 3. The molecule has 2 bridgehead atoms. The lowest BCUT2D eigenvalue weighted by molar-refractivity contribution is -0.162. The molecule has 0 spiro atoms. The first-order valence-electron chi connectivity index (χ1n) is 4.78. The lowest BCUT2D eigenvalue weighted by Gasteiger charge is -2.27. The Kier molecular flexibility index (Phi) is 2.04. The van der Waals surface area contributed by atoms with Crippen LogP contribution < -0.4 is 0 Å². The van der Waals surface area contributed by atoms with Gasteiger partial charge in [0.15, 0.2) is 0 Å². The van der Waals surface area contributed by atoms with E-state index >= 15 is 0 Å². The molecule has 4 atom stereocenters. The minimum atomic E-state index is -1.54. The molecule has 1 fully saturated rings. The van der Waals surface area contributed by atoms with Crippen molar-refractivity contribution in [1.29, 1.82) is 0 Å². The summed E-state index contributed by atoms with van der Waals surface area (Å²) in [6, 6.07) is 0. The molecule has 6 heteroatoms. The average molecular weight is 226 g/mol. The van der Waals surface area contributed by atoms with Gasteiger partial charge in [0.1, 0.15) is 5.41 Å². The molecule has 0 aliphatic heterocycles. The highest BCUT2D eigenvalue weighted by atomic mass is 16.4. The number of aliphatic carboxylic acids is 3. The number of fused-ring (bicyclic) bond motifs is 2. The van der Waals surface area contributed by atoms with Crippen LogP contribution in [0.15, 0.2) is 12.2 Å². The predicted octanol–water partition coefficient (Wildman–Crippen LogP) is 0.0487. The van der Waals surface area contributed by atoms with Crippen LogP contribution in [-0.4, -0.2) is 33.2 Å². The van der Waals surface area contributed by atoms with Gasteiger partial charge < -0.3 is 15.3 Å². The van der Waals surface area contributed by atoms with Crippen molar-refractivity contribution >= 4 is 17.9 Å². The highest BCUT2D eigenvalue weighted by Crippen LogP contribution is 2.56. The molecule has 0 amide bonds. The van der Waals surface area contributed by atoms with Crippen LogP contribution in [0.25, 0.3) is 0 Å². The Balaban J connectivity index is 2.50. The number of allylic oxidation sites excluding steroid dienone is 1. The van der Waals surface area contributed by atoms with Gasteiger partial charge >= 0.3 is 17.9 Å². The summed E-state index contributed by atoms with van der Waals surface area (Å²) in [5.74, 6) is -6.88. The summed E-state index contributed by atoms with van der Waals surface area (Å²) in [7, 11) is 0. The van der Waals surface area contributed by atoms with Crippen molar-refractivity contribution in [2.24, 2.45) is 23.2 Å². The zero-order valence-corrected chi connectivity index (χ0v) is 8.16. The Morgan fingerprint density at radius 3 is 2.19 bits per heavy atom. The Morgan fingerprint density at radius 2 is 1.75 bits per heavy atom. The second-order valence-corrected chi connectivity index (χ2v) is 4.25. The summed E-state index contributed by atoms with van der Waals surface area (Å²) < 4.78 is 0. The molecule has 0 aromatic rings. The Bertz CT molecular complexity index is 412. The van der Waals surface area contributed by atoms with Crippen LogP contribution in [0.1, 0.15) is 6.42 Å². The first kappa shape index (κ1) is 10.7. The molecular formula is C10H10O6. The maximum Gasteiger partial charge on any atom is 0.314 e. The summed E-state index contributed by atoms with van der Waals surface area (Å²) >= 11 is 0. The van der Waals surface area contributed by atoms with Crippen molar-refractivity contribution in [3.8, 4) is 0 Å². The fourth-order valence-corrected chi connectivity index (χ4v) is 2.86. The van der Waals surface area contributed by atoms with E-state index < -0.39 is 41.1 Å². The number of carbonyl (C=O) groups is 3. The van der Waals surface area contributed by atoms with Gasteiger partial charge in [0.05, 0.1) is 11.8 Å².